The molecule has 0 atom stereocenters. The predicted octanol–water partition coefficient (Wildman–Crippen LogP) is 5.02. The van der Waals surface area contributed by atoms with E-state index in [4.69, 9.17) is 4.42 Å². The van der Waals surface area contributed by atoms with E-state index in [-0.39, 0.29) is 17.2 Å². The molecule has 4 aromatic rings. The number of anilines is 2. The van der Waals surface area contributed by atoms with Crippen LogP contribution in [-0.4, -0.2) is 19.3 Å². The van der Waals surface area contributed by atoms with Gasteiger partial charge >= 0.3 is 0 Å². The maximum atomic E-state index is 12.6. The quantitative estimate of drug-likeness (QED) is 0.384. The van der Waals surface area contributed by atoms with Crippen molar-refractivity contribution in [3.63, 3.8) is 0 Å². The minimum Gasteiger partial charge on any atom is -0.441 e. The van der Waals surface area contributed by atoms with Gasteiger partial charge in [-0.15, -0.1) is 0 Å². The Balaban J connectivity index is 1.38. The molecule has 7 nitrogen and oxygen atoms in total. The van der Waals surface area contributed by atoms with E-state index in [1.54, 1.807) is 49.5 Å². The van der Waals surface area contributed by atoms with Crippen molar-refractivity contribution in [3.05, 3.63) is 96.5 Å². The SMILES string of the molecule is Cc1ccc(NC(=O)CCc2ncc(-c3ccccc3)o2)cc1NS(=O)(=O)c1ccccc1. The molecule has 4 rings (SSSR count). The van der Waals surface area contributed by atoms with Crippen LogP contribution in [0.15, 0.2) is 94.4 Å². The smallest absolute Gasteiger partial charge is 0.261 e. The van der Waals surface area contributed by atoms with Crippen LogP contribution in [0.3, 0.4) is 0 Å². The van der Waals surface area contributed by atoms with Gasteiger partial charge in [-0.1, -0.05) is 54.6 Å². The summed E-state index contributed by atoms with van der Waals surface area (Å²) in [6.07, 6.45) is 2.17. The molecule has 0 saturated carbocycles. The van der Waals surface area contributed by atoms with Crippen LogP contribution >= 0.6 is 0 Å². The molecule has 0 bridgehead atoms. The first-order valence-electron chi connectivity index (χ1n) is 10.4. The topological polar surface area (TPSA) is 101 Å². The number of rotatable bonds is 8. The third-order valence-corrected chi connectivity index (χ3v) is 6.38. The molecule has 1 aromatic heterocycles. The molecule has 33 heavy (non-hydrogen) atoms. The fraction of sp³-hybridized carbons (Fsp3) is 0.120. The second-order valence-corrected chi connectivity index (χ2v) is 9.16. The van der Waals surface area contributed by atoms with Gasteiger partial charge in [0.2, 0.25) is 5.91 Å². The van der Waals surface area contributed by atoms with Gasteiger partial charge in [0, 0.05) is 24.1 Å². The van der Waals surface area contributed by atoms with Crippen LogP contribution in [0.2, 0.25) is 0 Å². The fourth-order valence-corrected chi connectivity index (χ4v) is 4.36. The Morgan fingerprint density at radius 1 is 0.970 bits per heavy atom. The average molecular weight is 462 g/mol. The zero-order valence-corrected chi connectivity index (χ0v) is 18.8. The number of nitrogens with one attached hydrogen (secondary N) is 2. The largest absolute Gasteiger partial charge is 0.441 e. The zero-order chi connectivity index (χ0) is 23.3. The Kier molecular flexibility index (Phi) is 6.55. The highest BCUT2D eigenvalue weighted by molar-refractivity contribution is 7.92. The van der Waals surface area contributed by atoms with E-state index in [2.05, 4.69) is 15.0 Å². The van der Waals surface area contributed by atoms with Crippen LogP contribution < -0.4 is 10.0 Å². The molecule has 0 saturated heterocycles. The van der Waals surface area contributed by atoms with Crippen LogP contribution in [0.1, 0.15) is 17.9 Å². The second kappa shape index (κ2) is 9.70. The molecule has 1 heterocycles. The van der Waals surface area contributed by atoms with E-state index in [0.717, 1.165) is 11.1 Å². The van der Waals surface area contributed by atoms with Gasteiger partial charge in [0.25, 0.3) is 10.0 Å². The Bertz CT molecular complexity index is 1350. The van der Waals surface area contributed by atoms with Crippen molar-refractivity contribution in [2.24, 2.45) is 0 Å². The monoisotopic (exact) mass is 461 g/mol. The minimum atomic E-state index is -3.73. The van der Waals surface area contributed by atoms with E-state index in [9.17, 15) is 13.2 Å². The maximum Gasteiger partial charge on any atom is 0.261 e. The zero-order valence-electron chi connectivity index (χ0n) is 18.0. The molecule has 0 aliphatic heterocycles. The summed E-state index contributed by atoms with van der Waals surface area (Å²) in [5.74, 6) is 0.902. The number of sulfonamides is 1. The third-order valence-electron chi connectivity index (χ3n) is 5.00. The van der Waals surface area contributed by atoms with Crippen LogP contribution in [0.4, 0.5) is 11.4 Å². The predicted molar refractivity (Wildman–Crippen MR) is 127 cm³/mol. The summed E-state index contributed by atoms with van der Waals surface area (Å²) in [6, 6.07) is 22.8. The van der Waals surface area contributed by atoms with Crippen molar-refractivity contribution in [2.75, 3.05) is 10.0 Å². The number of hydrogen-bond acceptors (Lipinski definition) is 5. The molecule has 0 fully saturated rings. The first-order chi connectivity index (χ1) is 15.9. The highest BCUT2D eigenvalue weighted by atomic mass is 32.2. The molecule has 168 valence electrons. The molecule has 0 spiro atoms. The van der Waals surface area contributed by atoms with Crippen molar-refractivity contribution < 1.29 is 17.6 Å². The molecule has 0 unspecified atom stereocenters. The summed E-state index contributed by atoms with van der Waals surface area (Å²) in [6.45, 7) is 1.79. The number of oxazole rings is 1. The lowest BCUT2D eigenvalue weighted by Crippen LogP contribution is -2.15. The number of benzene rings is 3. The summed E-state index contributed by atoms with van der Waals surface area (Å²) in [5, 5.41) is 2.80. The van der Waals surface area contributed by atoms with Gasteiger partial charge < -0.3 is 9.73 Å². The summed E-state index contributed by atoms with van der Waals surface area (Å²) >= 11 is 0. The molecule has 2 N–H and O–H groups in total. The van der Waals surface area contributed by atoms with Crippen molar-refractivity contribution in [1.82, 2.24) is 4.98 Å². The molecular formula is C25H23N3O4S. The fourth-order valence-electron chi connectivity index (χ4n) is 3.22. The molecular weight excluding hydrogens is 438 g/mol. The van der Waals surface area contributed by atoms with Crippen molar-refractivity contribution in [2.45, 2.75) is 24.7 Å². The van der Waals surface area contributed by atoms with Crippen LogP contribution in [0, 0.1) is 6.92 Å². The van der Waals surface area contributed by atoms with Gasteiger partial charge in [-0.25, -0.2) is 13.4 Å². The number of nitrogens with zero attached hydrogens (tertiary/aromatic N) is 1. The lowest BCUT2D eigenvalue weighted by atomic mass is 10.2. The summed E-state index contributed by atoms with van der Waals surface area (Å²) in [5.41, 5.74) is 2.55. The Morgan fingerprint density at radius 2 is 1.67 bits per heavy atom. The van der Waals surface area contributed by atoms with Crippen molar-refractivity contribution in [3.8, 4) is 11.3 Å². The van der Waals surface area contributed by atoms with E-state index in [0.29, 0.717) is 29.4 Å². The van der Waals surface area contributed by atoms with Gasteiger partial charge in [0.1, 0.15) is 0 Å². The minimum absolute atomic E-state index is 0.166. The summed E-state index contributed by atoms with van der Waals surface area (Å²) in [7, 11) is -3.73. The number of aromatic nitrogens is 1. The number of aryl methyl sites for hydroxylation is 2. The number of hydrogen-bond donors (Lipinski definition) is 2. The number of carbonyl (C=O) groups is 1. The normalized spacial score (nSPS) is 11.2. The van der Waals surface area contributed by atoms with Gasteiger partial charge in [-0.05, 0) is 36.8 Å². The first-order valence-corrected chi connectivity index (χ1v) is 11.9. The van der Waals surface area contributed by atoms with E-state index >= 15 is 0 Å². The van der Waals surface area contributed by atoms with Gasteiger partial charge in [0.05, 0.1) is 16.8 Å². The summed E-state index contributed by atoms with van der Waals surface area (Å²) in [4.78, 5) is 16.9. The van der Waals surface area contributed by atoms with E-state index < -0.39 is 10.0 Å². The Morgan fingerprint density at radius 3 is 2.39 bits per heavy atom. The lowest BCUT2D eigenvalue weighted by molar-refractivity contribution is -0.116. The second-order valence-electron chi connectivity index (χ2n) is 7.48. The van der Waals surface area contributed by atoms with Crippen LogP contribution in [0.5, 0.6) is 0 Å². The number of amides is 1. The third kappa shape index (κ3) is 5.67. The van der Waals surface area contributed by atoms with Gasteiger partial charge in [-0.3, -0.25) is 9.52 Å². The lowest BCUT2D eigenvalue weighted by Gasteiger charge is -2.13. The molecule has 0 aliphatic rings. The Labute approximate surface area is 192 Å². The number of carbonyl (C=O) groups excluding carboxylic acids is 1. The standard InChI is InChI=1S/C25H23N3O4S/c1-18-12-13-20(16-22(18)28-33(30,31)21-10-6-3-7-11-21)27-24(29)14-15-25-26-17-23(32-25)19-8-4-2-5-9-19/h2-13,16-17,28H,14-15H2,1H3,(H,27,29). The van der Waals surface area contributed by atoms with Gasteiger partial charge in [0.15, 0.2) is 11.7 Å². The highest BCUT2D eigenvalue weighted by Gasteiger charge is 2.16. The van der Waals surface area contributed by atoms with Crippen LogP contribution in [0.25, 0.3) is 11.3 Å². The summed E-state index contributed by atoms with van der Waals surface area (Å²) < 4.78 is 33.6. The molecule has 0 aliphatic carbocycles. The average Bonchev–Trinajstić information content (AvgIpc) is 3.30. The van der Waals surface area contributed by atoms with E-state index in [1.807, 2.05) is 30.3 Å². The molecule has 3 aromatic carbocycles. The van der Waals surface area contributed by atoms with Crippen LogP contribution in [-0.2, 0) is 21.2 Å². The maximum absolute atomic E-state index is 12.6. The Hall–Kier alpha value is -3.91. The molecule has 8 heteroatoms. The highest BCUT2D eigenvalue weighted by Crippen LogP contribution is 2.24. The molecule has 0 radical (unpaired) electrons. The molecule has 1 amide bonds. The first kappa shape index (κ1) is 22.3. The van der Waals surface area contributed by atoms with Gasteiger partial charge in [-0.2, -0.15) is 0 Å². The van der Waals surface area contributed by atoms with Crippen molar-refractivity contribution in [1.29, 1.82) is 0 Å². The van der Waals surface area contributed by atoms with Crippen molar-refractivity contribution >= 4 is 27.3 Å². The van der Waals surface area contributed by atoms with E-state index in [1.165, 1.54) is 12.1 Å².